The molecule has 18 heavy (non-hydrogen) atoms. The Morgan fingerprint density at radius 2 is 2.33 bits per heavy atom. The molecule has 0 spiro atoms. The average molecular weight is 250 g/mol. The third-order valence-corrected chi connectivity index (χ3v) is 3.38. The van der Waals surface area contributed by atoms with E-state index in [0.29, 0.717) is 6.61 Å². The van der Waals surface area contributed by atoms with Crippen LogP contribution in [-0.4, -0.2) is 30.9 Å². The van der Waals surface area contributed by atoms with Crippen LogP contribution in [0.2, 0.25) is 0 Å². The van der Waals surface area contributed by atoms with Crippen molar-refractivity contribution in [2.75, 3.05) is 13.7 Å². The smallest absolute Gasteiger partial charge is 0.313 e. The summed E-state index contributed by atoms with van der Waals surface area (Å²) in [6.07, 6.45) is 1.53. The quantitative estimate of drug-likeness (QED) is 0.891. The van der Waals surface area contributed by atoms with Gasteiger partial charge in [0, 0.05) is 6.61 Å². The summed E-state index contributed by atoms with van der Waals surface area (Å²) in [5, 5.41) is 9.39. The Bertz CT molecular complexity index is 435. The minimum atomic E-state index is -0.827. The Labute approximate surface area is 107 Å². The fourth-order valence-corrected chi connectivity index (χ4v) is 2.48. The molecule has 1 fully saturated rings. The number of aliphatic carboxylic acids is 1. The van der Waals surface area contributed by atoms with Crippen molar-refractivity contribution in [1.82, 2.24) is 0 Å². The van der Waals surface area contributed by atoms with Crippen molar-refractivity contribution in [3.8, 4) is 5.75 Å². The van der Waals surface area contributed by atoms with Crippen LogP contribution in [0.5, 0.6) is 5.75 Å². The van der Waals surface area contributed by atoms with Crippen molar-refractivity contribution < 1.29 is 19.4 Å². The van der Waals surface area contributed by atoms with E-state index in [1.807, 2.05) is 25.1 Å². The zero-order valence-electron chi connectivity index (χ0n) is 10.7. The molecule has 1 N–H and O–H groups in total. The van der Waals surface area contributed by atoms with Crippen LogP contribution in [0.1, 0.15) is 29.9 Å². The molecule has 0 amide bonds. The van der Waals surface area contributed by atoms with E-state index in [2.05, 4.69) is 0 Å². The summed E-state index contributed by atoms with van der Waals surface area (Å²) in [5.74, 6) is -0.640. The van der Waals surface area contributed by atoms with Crippen LogP contribution in [0.15, 0.2) is 18.2 Å². The van der Waals surface area contributed by atoms with Gasteiger partial charge in [-0.15, -0.1) is 0 Å². The Morgan fingerprint density at radius 1 is 1.56 bits per heavy atom. The highest BCUT2D eigenvalue weighted by atomic mass is 16.5. The Morgan fingerprint density at radius 3 is 2.83 bits per heavy atom. The number of hydrogen-bond acceptors (Lipinski definition) is 3. The van der Waals surface area contributed by atoms with Gasteiger partial charge >= 0.3 is 5.97 Å². The maximum Gasteiger partial charge on any atom is 0.313 e. The lowest BCUT2D eigenvalue weighted by Gasteiger charge is -2.20. The summed E-state index contributed by atoms with van der Waals surface area (Å²) in [6, 6.07) is 5.50. The second-order valence-electron chi connectivity index (χ2n) is 4.60. The number of carbonyl (C=O) groups is 1. The van der Waals surface area contributed by atoms with Crippen LogP contribution in [0.25, 0.3) is 0 Å². The van der Waals surface area contributed by atoms with Crippen molar-refractivity contribution in [3.05, 3.63) is 29.3 Å². The molecule has 2 unspecified atom stereocenters. The fraction of sp³-hybridized carbons (Fsp3) is 0.500. The zero-order valence-corrected chi connectivity index (χ0v) is 10.7. The molecule has 1 aromatic rings. The number of carboxylic acid groups (broad SMARTS) is 1. The first-order valence-electron chi connectivity index (χ1n) is 6.12. The van der Waals surface area contributed by atoms with Gasteiger partial charge in [-0.2, -0.15) is 0 Å². The zero-order chi connectivity index (χ0) is 13.1. The molecule has 4 nitrogen and oxygen atoms in total. The third kappa shape index (κ3) is 2.48. The number of benzene rings is 1. The summed E-state index contributed by atoms with van der Waals surface area (Å²) < 4.78 is 10.7. The van der Waals surface area contributed by atoms with Gasteiger partial charge in [-0.25, -0.2) is 0 Å². The van der Waals surface area contributed by atoms with Crippen molar-refractivity contribution >= 4 is 5.97 Å². The molecule has 0 aliphatic carbocycles. The second-order valence-corrected chi connectivity index (χ2v) is 4.60. The van der Waals surface area contributed by atoms with E-state index in [1.165, 1.54) is 0 Å². The first-order valence-corrected chi connectivity index (χ1v) is 6.12. The maximum atomic E-state index is 11.4. The highest BCUT2D eigenvalue weighted by Gasteiger charge is 2.33. The monoisotopic (exact) mass is 250 g/mol. The molecule has 98 valence electrons. The average Bonchev–Trinajstić information content (AvgIpc) is 2.82. The summed E-state index contributed by atoms with van der Waals surface area (Å²) in [4.78, 5) is 11.4. The molecule has 1 heterocycles. The van der Waals surface area contributed by atoms with Gasteiger partial charge in [0.2, 0.25) is 0 Å². The van der Waals surface area contributed by atoms with Crippen molar-refractivity contribution in [3.63, 3.8) is 0 Å². The SMILES string of the molecule is COc1ccc(C(C(=O)O)C2CCCO2)cc1C. The van der Waals surface area contributed by atoms with Gasteiger partial charge in [-0.3, -0.25) is 4.79 Å². The van der Waals surface area contributed by atoms with E-state index >= 15 is 0 Å². The highest BCUT2D eigenvalue weighted by Crippen LogP contribution is 2.31. The molecule has 0 bridgehead atoms. The molecule has 0 radical (unpaired) electrons. The van der Waals surface area contributed by atoms with Gasteiger partial charge in [0.1, 0.15) is 11.7 Å². The molecule has 0 aromatic heterocycles. The van der Waals surface area contributed by atoms with Crippen LogP contribution < -0.4 is 4.74 Å². The van der Waals surface area contributed by atoms with Gasteiger partial charge in [0.05, 0.1) is 13.2 Å². The summed E-state index contributed by atoms with van der Waals surface area (Å²) in [6.45, 7) is 2.57. The number of methoxy groups -OCH3 is 1. The third-order valence-electron chi connectivity index (χ3n) is 3.38. The molecular weight excluding hydrogens is 232 g/mol. The molecular formula is C14H18O4. The molecule has 1 saturated heterocycles. The van der Waals surface area contributed by atoms with E-state index in [9.17, 15) is 9.90 Å². The topological polar surface area (TPSA) is 55.8 Å². The first kappa shape index (κ1) is 12.9. The van der Waals surface area contributed by atoms with Crippen molar-refractivity contribution in [2.24, 2.45) is 0 Å². The maximum absolute atomic E-state index is 11.4. The molecule has 1 aliphatic heterocycles. The molecule has 4 heteroatoms. The number of aryl methyl sites for hydroxylation is 1. The van der Waals surface area contributed by atoms with Gasteiger partial charge in [0.25, 0.3) is 0 Å². The predicted molar refractivity (Wildman–Crippen MR) is 67.1 cm³/mol. The summed E-state index contributed by atoms with van der Waals surface area (Å²) >= 11 is 0. The number of rotatable bonds is 4. The van der Waals surface area contributed by atoms with Gasteiger partial charge < -0.3 is 14.6 Å². The standard InChI is InChI=1S/C14H18O4/c1-9-8-10(5-6-11(9)17-2)13(14(15)16)12-4-3-7-18-12/h5-6,8,12-13H,3-4,7H2,1-2H3,(H,15,16). The van der Waals surface area contributed by atoms with E-state index in [4.69, 9.17) is 9.47 Å². The minimum Gasteiger partial charge on any atom is -0.496 e. The largest absolute Gasteiger partial charge is 0.496 e. The molecule has 0 saturated carbocycles. The van der Waals surface area contributed by atoms with Crippen LogP contribution >= 0.6 is 0 Å². The molecule has 1 aromatic carbocycles. The summed E-state index contributed by atoms with van der Waals surface area (Å²) in [7, 11) is 1.61. The Balaban J connectivity index is 2.30. The van der Waals surface area contributed by atoms with Crippen LogP contribution in [0.4, 0.5) is 0 Å². The Kier molecular flexibility index (Phi) is 3.87. The predicted octanol–water partition coefficient (Wildman–Crippen LogP) is 2.35. The Hall–Kier alpha value is -1.55. The van der Waals surface area contributed by atoms with E-state index in [1.54, 1.807) is 7.11 Å². The molecule has 2 atom stereocenters. The molecule has 1 aliphatic rings. The van der Waals surface area contributed by atoms with Crippen LogP contribution in [0.3, 0.4) is 0 Å². The van der Waals surface area contributed by atoms with Crippen LogP contribution in [0, 0.1) is 6.92 Å². The van der Waals surface area contributed by atoms with E-state index < -0.39 is 11.9 Å². The van der Waals surface area contributed by atoms with Gasteiger partial charge in [-0.1, -0.05) is 12.1 Å². The lowest BCUT2D eigenvalue weighted by Crippen LogP contribution is -2.25. The summed E-state index contributed by atoms with van der Waals surface area (Å²) in [5.41, 5.74) is 1.73. The number of carboxylic acids is 1. The van der Waals surface area contributed by atoms with Crippen molar-refractivity contribution in [1.29, 1.82) is 0 Å². The lowest BCUT2D eigenvalue weighted by molar-refractivity contribution is -0.141. The molecule has 2 rings (SSSR count). The minimum absolute atomic E-state index is 0.213. The van der Waals surface area contributed by atoms with E-state index in [-0.39, 0.29) is 6.10 Å². The lowest BCUT2D eigenvalue weighted by atomic mass is 9.91. The van der Waals surface area contributed by atoms with E-state index in [0.717, 1.165) is 29.7 Å². The second kappa shape index (κ2) is 5.40. The van der Waals surface area contributed by atoms with Crippen molar-refractivity contribution in [2.45, 2.75) is 31.8 Å². The van der Waals surface area contributed by atoms with Gasteiger partial charge in [0.15, 0.2) is 0 Å². The highest BCUT2D eigenvalue weighted by molar-refractivity contribution is 5.77. The normalized spacial score (nSPS) is 20.7. The van der Waals surface area contributed by atoms with Gasteiger partial charge in [-0.05, 0) is 37.0 Å². The number of hydrogen-bond donors (Lipinski definition) is 1. The first-order chi connectivity index (χ1) is 8.63. The van der Waals surface area contributed by atoms with Crippen LogP contribution in [-0.2, 0) is 9.53 Å². The fourth-order valence-electron chi connectivity index (χ4n) is 2.48. The number of ether oxygens (including phenoxy) is 2.